The minimum atomic E-state index is -0.823. The Bertz CT molecular complexity index is 497. The zero-order valence-electron chi connectivity index (χ0n) is 11.8. The predicted molar refractivity (Wildman–Crippen MR) is 72.2 cm³/mol. The molecule has 1 N–H and O–H groups in total. The lowest BCUT2D eigenvalue weighted by molar-refractivity contribution is -0.143. The number of aryl methyl sites for hydroxylation is 1. The van der Waals surface area contributed by atoms with Gasteiger partial charge in [0.1, 0.15) is 5.76 Å². The highest BCUT2D eigenvalue weighted by Gasteiger charge is 2.29. The lowest BCUT2D eigenvalue weighted by Gasteiger charge is -2.33. The highest BCUT2D eigenvalue weighted by molar-refractivity contribution is 5.76. The molecule has 1 atom stereocenters. The maximum absolute atomic E-state index is 12.3. The molecule has 1 aromatic rings. The van der Waals surface area contributed by atoms with E-state index in [1.165, 1.54) is 0 Å². The predicted octanol–water partition coefficient (Wildman–Crippen LogP) is 1.94. The monoisotopic (exact) mass is 280 g/mol. The quantitative estimate of drug-likeness (QED) is 0.918. The number of rotatable bonds is 3. The van der Waals surface area contributed by atoms with Crippen molar-refractivity contribution in [2.45, 2.75) is 26.3 Å². The summed E-state index contributed by atoms with van der Waals surface area (Å²) in [7, 11) is 1.72. The summed E-state index contributed by atoms with van der Waals surface area (Å²) in [6, 6.07) is 1.71. The number of hydrogen-bond donors (Lipinski definition) is 1. The molecule has 0 spiro atoms. The van der Waals surface area contributed by atoms with Gasteiger partial charge in [0.15, 0.2) is 0 Å². The zero-order chi connectivity index (χ0) is 14.7. The number of carbonyl (C=O) groups is 2. The number of aliphatic carboxylic acids is 1. The summed E-state index contributed by atoms with van der Waals surface area (Å²) in [5.74, 6) is -0.473. The van der Waals surface area contributed by atoms with Gasteiger partial charge in [0.25, 0.3) is 0 Å². The van der Waals surface area contributed by atoms with Crippen LogP contribution in [-0.2, 0) is 11.3 Å². The molecule has 0 aliphatic carbocycles. The second-order valence-electron chi connectivity index (χ2n) is 5.26. The Morgan fingerprint density at radius 1 is 1.55 bits per heavy atom. The highest BCUT2D eigenvalue weighted by Crippen LogP contribution is 2.19. The van der Waals surface area contributed by atoms with Crippen LogP contribution >= 0.6 is 0 Å². The molecular formula is C14H20N2O4. The van der Waals surface area contributed by atoms with Crippen LogP contribution in [0.4, 0.5) is 4.79 Å². The molecule has 2 amide bonds. The van der Waals surface area contributed by atoms with Crippen LogP contribution in [0.3, 0.4) is 0 Å². The second-order valence-corrected chi connectivity index (χ2v) is 5.26. The molecule has 1 saturated heterocycles. The van der Waals surface area contributed by atoms with Gasteiger partial charge in [0.05, 0.1) is 18.7 Å². The van der Waals surface area contributed by atoms with Gasteiger partial charge in [-0.2, -0.15) is 0 Å². The average molecular weight is 280 g/mol. The molecule has 0 radical (unpaired) electrons. The van der Waals surface area contributed by atoms with Crippen LogP contribution in [0.1, 0.15) is 24.2 Å². The topological polar surface area (TPSA) is 74.0 Å². The third kappa shape index (κ3) is 3.12. The maximum atomic E-state index is 12.3. The molecule has 1 aliphatic rings. The zero-order valence-corrected chi connectivity index (χ0v) is 11.8. The Labute approximate surface area is 118 Å². The van der Waals surface area contributed by atoms with Gasteiger partial charge in [-0.3, -0.25) is 4.79 Å². The number of carboxylic acids is 1. The summed E-state index contributed by atoms with van der Waals surface area (Å²) in [6.07, 6.45) is 2.98. The Hall–Kier alpha value is -1.98. The van der Waals surface area contributed by atoms with Crippen LogP contribution in [-0.4, -0.2) is 47.0 Å². The first-order valence-electron chi connectivity index (χ1n) is 6.75. The molecule has 20 heavy (non-hydrogen) atoms. The van der Waals surface area contributed by atoms with E-state index in [9.17, 15) is 9.59 Å². The molecule has 6 heteroatoms. The third-order valence-electron chi connectivity index (χ3n) is 3.74. The van der Waals surface area contributed by atoms with Gasteiger partial charge >= 0.3 is 12.0 Å². The lowest BCUT2D eigenvalue weighted by atomic mass is 9.99. The molecule has 0 bridgehead atoms. The van der Waals surface area contributed by atoms with Crippen molar-refractivity contribution in [3.63, 3.8) is 0 Å². The summed E-state index contributed by atoms with van der Waals surface area (Å²) in [5.41, 5.74) is 0.965. The molecular weight excluding hydrogens is 260 g/mol. The summed E-state index contributed by atoms with van der Waals surface area (Å²) >= 11 is 0. The van der Waals surface area contributed by atoms with Gasteiger partial charge in [0.2, 0.25) is 0 Å². The molecule has 1 aliphatic heterocycles. The Kier molecular flexibility index (Phi) is 4.32. The van der Waals surface area contributed by atoms with E-state index >= 15 is 0 Å². The van der Waals surface area contributed by atoms with Crippen molar-refractivity contribution in [3.8, 4) is 0 Å². The van der Waals surface area contributed by atoms with E-state index < -0.39 is 11.9 Å². The van der Waals surface area contributed by atoms with E-state index in [0.29, 0.717) is 26.1 Å². The number of carboxylic acid groups (broad SMARTS) is 1. The SMILES string of the molecule is Cc1occc1CN(C)C(=O)N1CCCC(C(=O)O)C1. The van der Waals surface area contributed by atoms with Crippen molar-refractivity contribution in [2.24, 2.45) is 5.92 Å². The van der Waals surface area contributed by atoms with Crippen molar-refractivity contribution >= 4 is 12.0 Å². The Morgan fingerprint density at radius 2 is 2.30 bits per heavy atom. The first-order valence-corrected chi connectivity index (χ1v) is 6.75. The van der Waals surface area contributed by atoms with Crippen LogP contribution < -0.4 is 0 Å². The molecule has 2 rings (SSSR count). The normalized spacial score (nSPS) is 18.9. The van der Waals surface area contributed by atoms with Gasteiger partial charge in [-0.15, -0.1) is 0 Å². The lowest BCUT2D eigenvalue weighted by Crippen LogP contribution is -2.47. The number of piperidine rings is 1. The average Bonchev–Trinajstić information content (AvgIpc) is 2.83. The number of furan rings is 1. The fourth-order valence-electron chi connectivity index (χ4n) is 2.49. The molecule has 1 aromatic heterocycles. The molecule has 2 heterocycles. The van der Waals surface area contributed by atoms with E-state index in [4.69, 9.17) is 9.52 Å². The number of urea groups is 1. The number of carbonyl (C=O) groups excluding carboxylic acids is 1. The van der Waals surface area contributed by atoms with Crippen LogP contribution in [0.2, 0.25) is 0 Å². The van der Waals surface area contributed by atoms with Crippen molar-refractivity contribution in [1.82, 2.24) is 9.80 Å². The van der Waals surface area contributed by atoms with Crippen LogP contribution in [0, 0.1) is 12.8 Å². The highest BCUT2D eigenvalue weighted by atomic mass is 16.4. The van der Waals surface area contributed by atoms with Gasteiger partial charge in [-0.25, -0.2) is 4.79 Å². The van der Waals surface area contributed by atoms with Gasteiger partial charge in [-0.1, -0.05) is 0 Å². The fraction of sp³-hybridized carbons (Fsp3) is 0.571. The van der Waals surface area contributed by atoms with Crippen LogP contribution in [0.5, 0.6) is 0 Å². The smallest absolute Gasteiger partial charge is 0.320 e. The van der Waals surface area contributed by atoms with E-state index in [0.717, 1.165) is 17.7 Å². The van der Waals surface area contributed by atoms with Crippen LogP contribution in [0.15, 0.2) is 16.7 Å². The van der Waals surface area contributed by atoms with E-state index in [1.807, 2.05) is 13.0 Å². The van der Waals surface area contributed by atoms with Crippen molar-refractivity contribution < 1.29 is 19.1 Å². The first-order chi connectivity index (χ1) is 9.49. The van der Waals surface area contributed by atoms with Gasteiger partial charge in [0, 0.05) is 25.7 Å². The van der Waals surface area contributed by atoms with E-state index in [1.54, 1.807) is 23.1 Å². The van der Waals surface area contributed by atoms with Crippen molar-refractivity contribution in [3.05, 3.63) is 23.7 Å². The molecule has 1 unspecified atom stereocenters. The van der Waals surface area contributed by atoms with Gasteiger partial charge < -0.3 is 19.3 Å². The number of nitrogens with zero attached hydrogens (tertiary/aromatic N) is 2. The molecule has 110 valence electrons. The number of hydrogen-bond acceptors (Lipinski definition) is 3. The minimum absolute atomic E-state index is 0.128. The fourth-order valence-corrected chi connectivity index (χ4v) is 2.49. The third-order valence-corrected chi connectivity index (χ3v) is 3.74. The molecule has 6 nitrogen and oxygen atoms in total. The Morgan fingerprint density at radius 3 is 2.90 bits per heavy atom. The minimum Gasteiger partial charge on any atom is -0.481 e. The largest absolute Gasteiger partial charge is 0.481 e. The summed E-state index contributed by atoms with van der Waals surface area (Å²) in [5, 5.41) is 9.06. The number of likely N-dealkylation sites (tertiary alicyclic amines) is 1. The molecule has 0 aromatic carbocycles. The number of amides is 2. The second kappa shape index (κ2) is 5.98. The summed E-state index contributed by atoms with van der Waals surface area (Å²) in [6.45, 7) is 3.24. The summed E-state index contributed by atoms with van der Waals surface area (Å²) in [4.78, 5) is 26.6. The first kappa shape index (κ1) is 14.4. The van der Waals surface area contributed by atoms with E-state index in [-0.39, 0.29) is 6.03 Å². The van der Waals surface area contributed by atoms with Crippen molar-refractivity contribution in [2.75, 3.05) is 20.1 Å². The van der Waals surface area contributed by atoms with Crippen molar-refractivity contribution in [1.29, 1.82) is 0 Å². The Balaban J connectivity index is 1.96. The molecule has 0 saturated carbocycles. The maximum Gasteiger partial charge on any atom is 0.320 e. The summed E-state index contributed by atoms with van der Waals surface area (Å²) < 4.78 is 5.21. The standard InChI is InChI=1S/C14H20N2O4/c1-10-11(5-7-20-10)8-15(2)14(19)16-6-3-4-12(9-16)13(17)18/h5,7,12H,3-4,6,8-9H2,1-2H3,(H,17,18). The molecule has 1 fully saturated rings. The van der Waals surface area contributed by atoms with Gasteiger partial charge in [-0.05, 0) is 25.8 Å². The van der Waals surface area contributed by atoms with Crippen LogP contribution in [0.25, 0.3) is 0 Å². The van der Waals surface area contributed by atoms with E-state index in [2.05, 4.69) is 0 Å².